The van der Waals surface area contributed by atoms with Crippen molar-refractivity contribution in [2.45, 2.75) is 0 Å². The molecular weight excluding hydrogens is 200 g/mol. The Morgan fingerprint density at radius 2 is 2.00 bits per heavy atom. The molecule has 0 aliphatic rings. The maximum absolute atomic E-state index is 9.06. The van der Waals surface area contributed by atoms with Crippen molar-refractivity contribution in [3.8, 4) is 23.4 Å². The van der Waals surface area contributed by atoms with Crippen LogP contribution in [0.15, 0.2) is 30.5 Å². The number of hydrogen-bond acceptors (Lipinski definition) is 3. The summed E-state index contributed by atoms with van der Waals surface area (Å²) in [5.41, 5.74) is 2.16. The Kier molecular flexibility index (Phi) is 2.41. The Labute approximate surface area is 93.0 Å². The lowest BCUT2D eigenvalue weighted by Gasteiger charge is -2.01. The van der Waals surface area contributed by atoms with Gasteiger partial charge in [-0.3, -0.25) is 4.68 Å². The zero-order valence-electron chi connectivity index (χ0n) is 8.68. The molecule has 1 aromatic carbocycles. The third-order valence-corrected chi connectivity index (χ3v) is 2.29. The van der Waals surface area contributed by atoms with Crippen LogP contribution in [0.5, 0.6) is 0 Å². The van der Waals surface area contributed by atoms with Crippen molar-refractivity contribution in [2.75, 3.05) is 0 Å². The molecule has 0 spiro atoms. The van der Waals surface area contributed by atoms with Gasteiger partial charge in [0, 0.05) is 18.8 Å². The van der Waals surface area contributed by atoms with Crippen LogP contribution in [0.1, 0.15) is 11.1 Å². The normalized spacial score (nSPS) is 9.44. The monoisotopic (exact) mass is 208 g/mol. The highest BCUT2D eigenvalue weighted by molar-refractivity contribution is 5.70. The van der Waals surface area contributed by atoms with E-state index in [4.69, 9.17) is 10.5 Å². The predicted molar refractivity (Wildman–Crippen MR) is 58.1 cm³/mol. The summed E-state index contributed by atoms with van der Waals surface area (Å²) >= 11 is 0. The number of hydrogen-bond donors (Lipinski definition) is 0. The molecule has 0 bridgehead atoms. The van der Waals surface area contributed by atoms with Gasteiger partial charge in [-0.2, -0.15) is 15.6 Å². The fourth-order valence-electron chi connectivity index (χ4n) is 1.54. The topological polar surface area (TPSA) is 65.4 Å². The third kappa shape index (κ3) is 1.53. The number of nitriles is 2. The Morgan fingerprint density at radius 3 is 2.56 bits per heavy atom. The van der Waals surface area contributed by atoms with Crippen LogP contribution in [0.4, 0.5) is 0 Å². The Bertz CT molecular complexity index is 611. The van der Waals surface area contributed by atoms with Crippen molar-refractivity contribution >= 4 is 0 Å². The van der Waals surface area contributed by atoms with Gasteiger partial charge in [0.25, 0.3) is 0 Å². The van der Waals surface area contributed by atoms with Gasteiger partial charge in [-0.25, -0.2) is 0 Å². The maximum Gasteiger partial charge on any atom is 0.101 e. The first-order chi connectivity index (χ1) is 7.76. The minimum atomic E-state index is 0.378. The largest absolute Gasteiger partial charge is 0.275 e. The summed E-state index contributed by atoms with van der Waals surface area (Å²) in [6.07, 6.45) is 1.80. The van der Waals surface area contributed by atoms with Crippen LogP contribution in [0.3, 0.4) is 0 Å². The van der Waals surface area contributed by atoms with Crippen molar-refractivity contribution in [1.82, 2.24) is 9.78 Å². The highest BCUT2D eigenvalue weighted by Gasteiger charge is 2.11. The first-order valence-corrected chi connectivity index (χ1v) is 4.69. The van der Waals surface area contributed by atoms with Crippen LogP contribution in [0.25, 0.3) is 11.3 Å². The predicted octanol–water partition coefficient (Wildman–Crippen LogP) is 1.83. The van der Waals surface area contributed by atoms with Crippen LogP contribution in [-0.4, -0.2) is 9.78 Å². The summed E-state index contributed by atoms with van der Waals surface area (Å²) in [5, 5.41) is 22.2. The summed E-state index contributed by atoms with van der Waals surface area (Å²) < 4.78 is 1.66. The van der Waals surface area contributed by atoms with Crippen molar-refractivity contribution in [1.29, 1.82) is 10.5 Å². The first kappa shape index (κ1) is 9.95. The molecule has 0 radical (unpaired) electrons. The lowest BCUT2D eigenvalue weighted by Crippen LogP contribution is -1.92. The van der Waals surface area contributed by atoms with Gasteiger partial charge >= 0.3 is 0 Å². The summed E-state index contributed by atoms with van der Waals surface area (Å²) in [6, 6.07) is 11.1. The zero-order chi connectivity index (χ0) is 11.5. The second kappa shape index (κ2) is 3.88. The molecule has 0 aliphatic carbocycles. The average Bonchev–Trinajstić information content (AvgIpc) is 2.74. The van der Waals surface area contributed by atoms with E-state index in [1.54, 1.807) is 29.1 Å². The fourth-order valence-corrected chi connectivity index (χ4v) is 1.54. The number of aryl methyl sites for hydroxylation is 1. The molecule has 0 fully saturated rings. The van der Waals surface area contributed by atoms with Crippen molar-refractivity contribution in [3.05, 3.63) is 41.6 Å². The molecule has 0 saturated heterocycles. The van der Waals surface area contributed by atoms with Crippen LogP contribution in [0.2, 0.25) is 0 Å². The minimum Gasteiger partial charge on any atom is -0.275 e. The van der Waals surface area contributed by atoms with Gasteiger partial charge in [-0.1, -0.05) is 12.1 Å². The standard InChI is InChI=1S/C12H8N4/c1-16-6-5-12(15-16)10-4-2-3-9(7-13)11(10)8-14/h2-6H,1H3. The molecule has 2 aromatic rings. The molecule has 1 aromatic heterocycles. The van der Waals surface area contributed by atoms with Gasteiger partial charge in [0.05, 0.1) is 16.8 Å². The second-order valence-corrected chi connectivity index (χ2v) is 3.33. The molecule has 0 aliphatic heterocycles. The summed E-state index contributed by atoms with van der Waals surface area (Å²) in [7, 11) is 1.81. The molecule has 2 rings (SSSR count). The van der Waals surface area contributed by atoms with E-state index in [0.717, 1.165) is 0 Å². The van der Waals surface area contributed by atoms with Crippen molar-refractivity contribution < 1.29 is 0 Å². The maximum atomic E-state index is 9.06. The summed E-state index contributed by atoms with van der Waals surface area (Å²) in [4.78, 5) is 0. The van der Waals surface area contributed by atoms with Gasteiger partial charge in [-0.15, -0.1) is 0 Å². The second-order valence-electron chi connectivity index (χ2n) is 3.33. The van der Waals surface area contributed by atoms with E-state index < -0.39 is 0 Å². The lowest BCUT2D eigenvalue weighted by molar-refractivity contribution is 0.771. The molecule has 4 heteroatoms. The molecule has 0 atom stereocenters. The van der Waals surface area contributed by atoms with E-state index in [0.29, 0.717) is 22.4 Å². The molecule has 0 amide bonds. The molecule has 0 unspecified atom stereocenters. The SMILES string of the molecule is Cn1ccc(-c2cccc(C#N)c2C#N)n1. The average molecular weight is 208 g/mol. The molecule has 0 saturated carbocycles. The quantitative estimate of drug-likeness (QED) is 0.718. The van der Waals surface area contributed by atoms with Crippen LogP contribution >= 0.6 is 0 Å². The van der Waals surface area contributed by atoms with E-state index in [1.807, 2.05) is 19.2 Å². The number of rotatable bonds is 1. The smallest absolute Gasteiger partial charge is 0.101 e. The van der Waals surface area contributed by atoms with Gasteiger partial charge in [0.2, 0.25) is 0 Å². The van der Waals surface area contributed by atoms with Crippen molar-refractivity contribution in [2.24, 2.45) is 7.05 Å². The van der Waals surface area contributed by atoms with E-state index in [-0.39, 0.29) is 0 Å². The van der Waals surface area contributed by atoms with E-state index in [2.05, 4.69) is 11.2 Å². The van der Waals surface area contributed by atoms with Crippen molar-refractivity contribution in [3.63, 3.8) is 0 Å². The van der Waals surface area contributed by atoms with E-state index in [1.165, 1.54) is 0 Å². The first-order valence-electron chi connectivity index (χ1n) is 4.69. The molecule has 4 nitrogen and oxygen atoms in total. The Morgan fingerprint density at radius 1 is 1.19 bits per heavy atom. The Balaban J connectivity index is 2.67. The summed E-state index contributed by atoms with van der Waals surface area (Å²) in [5.74, 6) is 0. The van der Waals surface area contributed by atoms with Crippen LogP contribution in [0, 0.1) is 22.7 Å². The highest BCUT2D eigenvalue weighted by Crippen LogP contribution is 2.23. The molecular formula is C12H8N4. The number of benzene rings is 1. The lowest BCUT2D eigenvalue weighted by atomic mass is 10.0. The molecule has 16 heavy (non-hydrogen) atoms. The van der Waals surface area contributed by atoms with E-state index in [9.17, 15) is 0 Å². The highest BCUT2D eigenvalue weighted by atomic mass is 15.2. The van der Waals surface area contributed by atoms with Gasteiger partial charge in [-0.05, 0) is 12.1 Å². The molecule has 76 valence electrons. The van der Waals surface area contributed by atoms with E-state index >= 15 is 0 Å². The van der Waals surface area contributed by atoms with Gasteiger partial charge < -0.3 is 0 Å². The van der Waals surface area contributed by atoms with Crippen LogP contribution < -0.4 is 0 Å². The van der Waals surface area contributed by atoms with Crippen LogP contribution in [-0.2, 0) is 7.05 Å². The molecule has 1 heterocycles. The number of aromatic nitrogens is 2. The van der Waals surface area contributed by atoms with Gasteiger partial charge in [0.15, 0.2) is 0 Å². The minimum absolute atomic E-state index is 0.378. The molecule has 0 N–H and O–H groups in total. The Hall–Kier alpha value is -2.59. The summed E-state index contributed by atoms with van der Waals surface area (Å²) in [6.45, 7) is 0. The number of nitrogens with zero attached hydrogens (tertiary/aromatic N) is 4. The fraction of sp³-hybridized carbons (Fsp3) is 0.0833. The van der Waals surface area contributed by atoms with Gasteiger partial charge in [0.1, 0.15) is 12.1 Å². The third-order valence-electron chi connectivity index (χ3n) is 2.29. The zero-order valence-corrected chi connectivity index (χ0v) is 8.68.